The highest BCUT2D eigenvalue weighted by molar-refractivity contribution is 5.91. The fraction of sp³-hybridized carbons (Fsp3) is 0.125. The summed E-state index contributed by atoms with van der Waals surface area (Å²) in [5.41, 5.74) is 12.3. The molecule has 0 radical (unpaired) electrons. The number of nitrogen functional groups attached to an aromatic ring is 1. The number of nitrogens with zero attached hydrogens (tertiary/aromatic N) is 2. The number of rotatable bonds is 3. The summed E-state index contributed by atoms with van der Waals surface area (Å²) in [6.07, 6.45) is 0. The predicted octanol–water partition coefficient (Wildman–Crippen LogP) is 1.58. The van der Waals surface area contributed by atoms with Crippen molar-refractivity contribution in [1.82, 2.24) is 15.0 Å². The summed E-state index contributed by atoms with van der Waals surface area (Å²) in [6, 6.07) is 13.5. The van der Waals surface area contributed by atoms with Crippen molar-refractivity contribution in [1.29, 1.82) is 0 Å². The summed E-state index contributed by atoms with van der Waals surface area (Å²) in [5.74, 6) is 5.62. The molecule has 0 saturated heterocycles. The van der Waals surface area contributed by atoms with Gasteiger partial charge in [0.1, 0.15) is 17.9 Å². The zero-order chi connectivity index (χ0) is 15.7. The molecule has 0 bridgehead atoms. The van der Waals surface area contributed by atoms with E-state index in [-0.39, 0.29) is 12.5 Å². The smallest absolute Gasteiger partial charge is 0.253 e. The van der Waals surface area contributed by atoms with Gasteiger partial charge in [-0.2, -0.15) is 0 Å². The van der Waals surface area contributed by atoms with E-state index in [9.17, 15) is 4.79 Å². The first kappa shape index (κ1) is 14.1. The Morgan fingerprint density at radius 2 is 2.05 bits per heavy atom. The molecule has 2 aromatic carbocycles. The Kier molecular flexibility index (Phi) is 3.52. The molecule has 0 fully saturated rings. The van der Waals surface area contributed by atoms with Gasteiger partial charge in [0.25, 0.3) is 5.91 Å². The molecule has 3 rings (SSSR count). The first-order valence-corrected chi connectivity index (χ1v) is 6.91. The Morgan fingerprint density at radius 1 is 1.27 bits per heavy atom. The molecule has 6 nitrogen and oxygen atoms in total. The van der Waals surface area contributed by atoms with E-state index in [4.69, 9.17) is 11.6 Å². The molecule has 0 saturated carbocycles. The van der Waals surface area contributed by atoms with Crippen LogP contribution in [0.1, 0.15) is 5.56 Å². The Labute approximate surface area is 127 Å². The van der Waals surface area contributed by atoms with Crippen molar-refractivity contribution in [2.75, 3.05) is 5.73 Å². The number of aryl methyl sites for hydroxylation is 1. The van der Waals surface area contributed by atoms with E-state index in [1.807, 2.05) is 47.9 Å². The van der Waals surface area contributed by atoms with Gasteiger partial charge in [0.15, 0.2) is 0 Å². The average molecular weight is 295 g/mol. The van der Waals surface area contributed by atoms with E-state index in [1.54, 1.807) is 6.07 Å². The van der Waals surface area contributed by atoms with Gasteiger partial charge in [0.05, 0.1) is 11.2 Å². The van der Waals surface area contributed by atoms with Crippen LogP contribution in [-0.4, -0.2) is 15.5 Å². The number of imidazole rings is 1. The number of amides is 1. The lowest BCUT2D eigenvalue weighted by Crippen LogP contribution is -2.33. The van der Waals surface area contributed by atoms with Crippen molar-refractivity contribution in [3.8, 4) is 11.4 Å². The Morgan fingerprint density at radius 3 is 2.77 bits per heavy atom. The standard InChI is InChI=1S/C16H17N5O/c1-10-4-2-5-11(8-10)16-19-15-12(17)6-3-7-13(15)21(16)9-14(22)20-18/h2-8H,9,17-18H2,1H3,(H,20,22). The maximum atomic E-state index is 11.7. The highest BCUT2D eigenvalue weighted by Gasteiger charge is 2.16. The summed E-state index contributed by atoms with van der Waals surface area (Å²) in [4.78, 5) is 16.4. The molecule has 1 amide bonds. The molecule has 3 aromatic rings. The molecule has 112 valence electrons. The Hall–Kier alpha value is -2.86. The molecule has 0 atom stereocenters. The zero-order valence-electron chi connectivity index (χ0n) is 12.2. The van der Waals surface area contributed by atoms with Crippen LogP contribution in [0, 0.1) is 6.92 Å². The molecule has 1 aromatic heterocycles. The van der Waals surface area contributed by atoms with Crippen molar-refractivity contribution in [3.05, 3.63) is 48.0 Å². The lowest BCUT2D eigenvalue weighted by Gasteiger charge is -2.09. The monoisotopic (exact) mass is 295 g/mol. The quantitative estimate of drug-likeness (QED) is 0.296. The highest BCUT2D eigenvalue weighted by atomic mass is 16.2. The van der Waals surface area contributed by atoms with Crippen LogP contribution in [-0.2, 0) is 11.3 Å². The second-order valence-electron chi connectivity index (χ2n) is 5.17. The summed E-state index contributed by atoms with van der Waals surface area (Å²) in [5, 5.41) is 0. The number of benzene rings is 2. The van der Waals surface area contributed by atoms with Gasteiger partial charge in [-0.05, 0) is 25.1 Å². The van der Waals surface area contributed by atoms with Crippen LogP contribution in [0.4, 0.5) is 5.69 Å². The Balaban J connectivity index is 2.26. The number of nitrogens with one attached hydrogen (secondary N) is 1. The second kappa shape index (κ2) is 5.50. The van der Waals surface area contributed by atoms with Crippen LogP contribution in [0.2, 0.25) is 0 Å². The van der Waals surface area contributed by atoms with Gasteiger partial charge in [-0.3, -0.25) is 10.2 Å². The molecule has 6 heteroatoms. The number of para-hydroxylation sites is 1. The summed E-state index contributed by atoms with van der Waals surface area (Å²) in [7, 11) is 0. The number of anilines is 1. The van der Waals surface area contributed by atoms with Gasteiger partial charge in [0.2, 0.25) is 0 Å². The number of fused-ring (bicyclic) bond motifs is 1. The van der Waals surface area contributed by atoms with Gasteiger partial charge in [0, 0.05) is 5.56 Å². The fourth-order valence-corrected chi connectivity index (χ4v) is 2.52. The lowest BCUT2D eigenvalue weighted by molar-refractivity contribution is -0.121. The van der Waals surface area contributed by atoms with E-state index < -0.39 is 0 Å². The molecule has 1 heterocycles. The van der Waals surface area contributed by atoms with Crippen LogP contribution in [0.5, 0.6) is 0 Å². The van der Waals surface area contributed by atoms with Crippen molar-refractivity contribution in [2.24, 2.45) is 5.84 Å². The zero-order valence-corrected chi connectivity index (χ0v) is 12.2. The Bertz CT molecular complexity index is 853. The minimum atomic E-state index is -0.296. The van der Waals surface area contributed by atoms with Crippen LogP contribution < -0.4 is 17.0 Å². The largest absolute Gasteiger partial charge is 0.397 e. The number of aromatic nitrogens is 2. The number of nitrogens with two attached hydrogens (primary N) is 2. The van der Waals surface area contributed by atoms with Crippen LogP contribution in [0.3, 0.4) is 0 Å². The van der Waals surface area contributed by atoms with Crippen molar-refractivity contribution < 1.29 is 4.79 Å². The maximum Gasteiger partial charge on any atom is 0.253 e. The molecule has 0 spiro atoms. The van der Waals surface area contributed by atoms with Crippen LogP contribution in [0.25, 0.3) is 22.4 Å². The molecular weight excluding hydrogens is 278 g/mol. The number of hydrogen-bond donors (Lipinski definition) is 3. The molecular formula is C16H17N5O. The predicted molar refractivity (Wildman–Crippen MR) is 86.6 cm³/mol. The average Bonchev–Trinajstić information content (AvgIpc) is 2.87. The number of hydrazine groups is 1. The topological polar surface area (TPSA) is 99.0 Å². The third-order valence-corrected chi connectivity index (χ3v) is 3.55. The van der Waals surface area contributed by atoms with Gasteiger partial charge >= 0.3 is 0 Å². The minimum Gasteiger partial charge on any atom is -0.397 e. The van der Waals surface area contributed by atoms with Gasteiger partial charge in [-0.15, -0.1) is 0 Å². The molecule has 0 aliphatic heterocycles. The molecule has 5 N–H and O–H groups in total. The molecule has 22 heavy (non-hydrogen) atoms. The lowest BCUT2D eigenvalue weighted by atomic mass is 10.1. The molecule has 0 unspecified atom stereocenters. The van der Waals surface area contributed by atoms with Crippen molar-refractivity contribution >= 4 is 22.6 Å². The van der Waals surface area contributed by atoms with Gasteiger partial charge in [-0.25, -0.2) is 10.8 Å². The molecule has 0 aliphatic carbocycles. The van der Waals surface area contributed by atoms with E-state index in [0.29, 0.717) is 17.0 Å². The summed E-state index contributed by atoms with van der Waals surface area (Å²) >= 11 is 0. The third-order valence-electron chi connectivity index (χ3n) is 3.55. The first-order chi connectivity index (χ1) is 10.6. The summed E-state index contributed by atoms with van der Waals surface area (Å²) in [6.45, 7) is 2.09. The van der Waals surface area contributed by atoms with Gasteiger partial charge < -0.3 is 10.3 Å². The van der Waals surface area contributed by atoms with E-state index >= 15 is 0 Å². The van der Waals surface area contributed by atoms with Crippen molar-refractivity contribution in [2.45, 2.75) is 13.5 Å². The fourth-order valence-electron chi connectivity index (χ4n) is 2.52. The number of carbonyl (C=O) groups excluding carboxylic acids is 1. The minimum absolute atomic E-state index is 0.0831. The summed E-state index contributed by atoms with van der Waals surface area (Å²) < 4.78 is 1.82. The van der Waals surface area contributed by atoms with E-state index in [1.165, 1.54) is 0 Å². The van der Waals surface area contributed by atoms with Crippen LogP contribution >= 0.6 is 0 Å². The van der Waals surface area contributed by atoms with E-state index in [0.717, 1.165) is 16.6 Å². The normalized spacial score (nSPS) is 10.8. The third kappa shape index (κ3) is 2.40. The second-order valence-corrected chi connectivity index (χ2v) is 5.17. The highest BCUT2D eigenvalue weighted by Crippen LogP contribution is 2.28. The maximum absolute atomic E-state index is 11.7. The molecule has 0 aliphatic rings. The van der Waals surface area contributed by atoms with E-state index in [2.05, 4.69) is 10.4 Å². The number of hydrogen-bond acceptors (Lipinski definition) is 4. The van der Waals surface area contributed by atoms with Crippen molar-refractivity contribution in [3.63, 3.8) is 0 Å². The van der Waals surface area contributed by atoms with Crippen LogP contribution in [0.15, 0.2) is 42.5 Å². The first-order valence-electron chi connectivity index (χ1n) is 6.91. The number of carbonyl (C=O) groups is 1. The SMILES string of the molecule is Cc1cccc(-c2nc3c(N)cccc3n2CC(=O)NN)c1. The van der Waals surface area contributed by atoms with Gasteiger partial charge in [-0.1, -0.05) is 29.8 Å².